The maximum absolute atomic E-state index is 3.78. The summed E-state index contributed by atoms with van der Waals surface area (Å²) < 4.78 is 0. The fraction of sp³-hybridized carbons (Fsp3) is 0.167. The van der Waals surface area contributed by atoms with Gasteiger partial charge in [0, 0.05) is 24.8 Å². The molecule has 77 valence electrons. The van der Waals surface area contributed by atoms with Gasteiger partial charge in [0.15, 0.2) is 0 Å². The monoisotopic (exact) mass is 199 g/mol. The summed E-state index contributed by atoms with van der Waals surface area (Å²) in [6.07, 6.45) is 7.00. The Morgan fingerprint density at radius 2 is 0.867 bits per heavy atom. The van der Waals surface area contributed by atoms with Crippen molar-refractivity contribution < 1.29 is 0 Å². The molecule has 0 aromatic carbocycles. The predicted molar refractivity (Wildman–Crippen MR) is 66.0 cm³/mol. The highest BCUT2D eigenvalue weighted by Crippen LogP contribution is 1.74. The molecule has 2 rings (SSSR count). The minimum absolute atomic E-state index is 1.75. The maximum atomic E-state index is 3.78. The number of hydrogen-bond acceptors (Lipinski definition) is 2. The van der Waals surface area contributed by atoms with Gasteiger partial charge in [0.25, 0.3) is 0 Å². The standard InChI is InChI=1S/2C5H5N.C2H6B/c2*1-2-4-6-5-3-1;1-3-2/h2*1-5H;1-2H3. The summed E-state index contributed by atoms with van der Waals surface area (Å²) in [6, 6.07) is 11.4. The van der Waals surface area contributed by atoms with Crippen LogP contribution in [0.25, 0.3) is 0 Å². The van der Waals surface area contributed by atoms with E-state index in [9.17, 15) is 0 Å². The molecule has 15 heavy (non-hydrogen) atoms. The smallest absolute Gasteiger partial charge is 0.102 e. The van der Waals surface area contributed by atoms with Crippen LogP contribution < -0.4 is 0 Å². The second kappa shape index (κ2) is 12.4. The molecule has 0 atom stereocenters. The average Bonchev–Trinajstić information content (AvgIpc) is 2.35. The average molecular weight is 199 g/mol. The van der Waals surface area contributed by atoms with Crippen LogP contribution in [0.1, 0.15) is 0 Å². The minimum Gasteiger partial charge on any atom is -0.265 e. The van der Waals surface area contributed by atoms with E-state index in [1.165, 1.54) is 0 Å². The van der Waals surface area contributed by atoms with Crippen molar-refractivity contribution in [3.05, 3.63) is 61.2 Å². The molecule has 0 spiro atoms. The van der Waals surface area contributed by atoms with Gasteiger partial charge in [0.05, 0.1) is 0 Å². The molecule has 2 aromatic rings. The quantitative estimate of drug-likeness (QED) is 0.609. The Bertz CT molecular complexity index is 202. The third-order valence-corrected chi connectivity index (χ3v) is 1.13. The van der Waals surface area contributed by atoms with Crippen LogP contribution in [0.5, 0.6) is 0 Å². The van der Waals surface area contributed by atoms with Crippen molar-refractivity contribution in [1.29, 1.82) is 0 Å². The Balaban J connectivity index is 0.000000210. The first-order valence-corrected chi connectivity index (χ1v) is 4.85. The van der Waals surface area contributed by atoms with Crippen molar-refractivity contribution in [2.24, 2.45) is 0 Å². The van der Waals surface area contributed by atoms with E-state index in [1.807, 2.05) is 57.3 Å². The molecule has 2 nitrogen and oxygen atoms in total. The van der Waals surface area contributed by atoms with Crippen LogP contribution in [-0.2, 0) is 0 Å². The van der Waals surface area contributed by atoms with Crippen LogP contribution in [0.4, 0.5) is 0 Å². The van der Waals surface area contributed by atoms with E-state index < -0.39 is 0 Å². The highest BCUT2D eigenvalue weighted by Gasteiger charge is 1.59. The van der Waals surface area contributed by atoms with E-state index in [2.05, 4.69) is 9.97 Å². The lowest BCUT2D eigenvalue weighted by molar-refractivity contribution is 1.33. The molecule has 0 N–H and O–H groups in total. The zero-order valence-corrected chi connectivity index (χ0v) is 9.25. The fourth-order valence-corrected chi connectivity index (χ4v) is 0.625. The molecule has 0 bridgehead atoms. The second-order valence-electron chi connectivity index (χ2n) is 2.63. The molecule has 0 fully saturated rings. The first-order valence-electron chi connectivity index (χ1n) is 4.85. The number of aromatic nitrogens is 2. The number of pyridine rings is 2. The zero-order valence-electron chi connectivity index (χ0n) is 9.25. The van der Waals surface area contributed by atoms with E-state index in [0.717, 1.165) is 0 Å². The lowest BCUT2D eigenvalue weighted by atomic mass is 9.88. The first kappa shape index (κ1) is 13.4. The molecule has 0 saturated heterocycles. The summed E-state index contributed by atoms with van der Waals surface area (Å²) in [5.74, 6) is 0. The summed E-state index contributed by atoms with van der Waals surface area (Å²) in [4.78, 5) is 7.57. The van der Waals surface area contributed by atoms with Crippen molar-refractivity contribution in [3.8, 4) is 0 Å². The minimum atomic E-state index is 1.75. The van der Waals surface area contributed by atoms with Crippen molar-refractivity contribution >= 4 is 7.28 Å². The summed E-state index contributed by atoms with van der Waals surface area (Å²) in [5, 5.41) is 0. The Morgan fingerprint density at radius 3 is 0.933 bits per heavy atom. The van der Waals surface area contributed by atoms with E-state index >= 15 is 0 Å². The Morgan fingerprint density at radius 1 is 0.600 bits per heavy atom. The summed E-state index contributed by atoms with van der Waals surface area (Å²) in [7, 11) is 2.00. The van der Waals surface area contributed by atoms with E-state index in [0.29, 0.717) is 0 Å². The molecule has 2 aromatic heterocycles. The van der Waals surface area contributed by atoms with Crippen LogP contribution in [0.2, 0.25) is 13.6 Å². The Hall–Kier alpha value is -1.64. The third kappa shape index (κ3) is 12.4. The fourth-order valence-electron chi connectivity index (χ4n) is 0.625. The van der Waals surface area contributed by atoms with Crippen molar-refractivity contribution in [1.82, 2.24) is 9.97 Å². The number of nitrogens with zero attached hydrogens (tertiary/aromatic N) is 2. The largest absolute Gasteiger partial charge is 0.265 e. The highest BCUT2D eigenvalue weighted by molar-refractivity contribution is 6.31. The molecular weight excluding hydrogens is 183 g/mol. The van der Waals surface area contributed by atoms with E-state index in [-0.39, 0.29) is 0 Å². The highest BCUT2D eigenvalue weighted by atomic mass is 14.6. The van der Waals surface area contributed by atoms with Gasteiger partial charge < -0.3 is 0 Å². The number of hydrogen-bond donors (Lipinski definition) is 0. The van der Waals surface area contributed by atoms with Crippen molar-refractivity contribution in [3.63, 3.8) is 0 Å². The van der Waals surface area contributed by atoms with Gasteiger partial charge in [0.2, 0.25) is 0 Å². The molecule has 2 heterocycles. The van der Waals surface area contributed by atoms with Gasteiger partial charge in [-0.3, -0.25) is 9.97 Å². The van der Waals surface area contributed by atoms with E-state index in [4.69, 9.17) is 0 Å². The number of rotatable bonds is 0. The lowest BCUT2D eigenvalue weighted by Gasteiger charge is -1.70. The normalized spacial score (nSPS) is 7.33. The van der Waals surface area contributed by atoms with Gasteiger partial charge in [-0.05, 0) is 24.3 Å². The SMILES string of the molecule is C[B]C.c1ccncc1.c1ccncc1. The van der Waals surface area contributed by atoms with Crippen LogP contribution >= 0.6 is 0 Å². The molecular formula is C12H16BN2. The van der Waals surface area contributed by atoms with Gasteiger partial charge in [0.1, 0.15) is 7.28 Å². The van der Waals surface area contributed by atoms with E-state index in [1.54, 1.807) is 24.8 Å². The molecule has 0 aliphatic carbocycles. The molecule has 1 radical (unpaired) electrons. The summed E-state index contributed by atoms with van der Waals surface area (Å²) in [6.45, 7) is 4.00. The zero-order chi connectivity index (χ0) is 11.2. The lowest BCUT2D eigenvalue weighted by Crippen LogP contribution is -1.58. The second-order valence-corrected chi connectivity index (χ2v) is 2.63. The van der Waals surface area contributed by atoms with Gasteiger partial charge in [-0.15, -0.1) is 0 Å². The van der Waals surface area contributed by atoms with Gasteiger partial charge >= 0.3 is 0 Å². The van der Waals surface area contributed by atoms with Gasteiger partial charge in [-0.2, -0.15) is 0 Å². The predicted octanol–water partition coefficient (Wildman–Crippen LogP) is 2.95. The summed E-state index contributed by atoms with van der Waals surface area (Å²) in [5.41, 5.74) is 0. The van der Waals surface area contributed by atoms with Crippen LogP contribution in [0.15, 0.2) is 61.2 Å². The molecule has 0 aliphatic heterocycles. The molecule has 0 amide bonds. The molecule has 0 aliphatic rings. The Kier molecular flexibility index (Phi) is 11.0. The van der Waals surface area contributed by atoms with Crippen molar-refractivity contribution in [2.45, 2.75) is 13.6 Å². The maximum Gasteiger partial charge on any atom is 0.102 e. The van der Waals surface area contributed by atoms with Crippen LogP contribution in [-0.4, -0.2) is 17.2 Å². The first-order chi connectivity index (χ1) is 7.41. The van der Waals surface area contributed by atoms with Crippen LogP contribution in [0, 0.1) is 0 Å². The van der Waals surface area contributed by atoms with Crippen LogP contribution in [0.3, 0.4) is 0 Å². The van der Waals surface area contributed by atoms with Gasteiger partial charge in [-0.25, -0.2) is 0 Å². The van der Waals surface area contributed by atoms with Crippen molar-refractivity contribution in [2.75, 3.05) is 0 Å². The molecule has 0 unspecified atom stereocenters. The Labute approximate surface area is 92.7 Å². The molecule has 3 heteroatoms. The van der Waals surface area contributed by atoms with Gasteiger partial charge in [-0.1, -0.05) is 25.8 Å². The topological polar surface area (TPSA) is 25.8 Å². The molecule has 0 saturated carbocycles. The summed E-state index contributed by atoms with van der Waals surface area (Å²) >= 11 is 0. The third-order valence-electron chi connectivity index (χ3n) is 1.13.